The van der Waals surface area contributed by atoms with Gasteiger partial charge in [-0.2, -0.15) is 0 Å². The molecule has 0 fully saturated rings. The third kappa shape index (κ3) is 4.37. The van der Waals surface area contributed by atoms with Crippen molar-refractivity contribution in [2.24, 2.45) is 0 Å². The molecule has 32 heavy (non-hydrogen) atoms. The molecular weight excluding hydrogens is 394 g/mol. The molecule has 2 unspecified atom stereocenters. The van der Waals surface area contributed by atoms with E-state index in [1.807, 2.05) is 12.1 Å². The van der Waals surface area contributed by atoms with Crippen molar-refractivity contribution in [3.63, 3.8) is 0 Å². The maximum atomic E-state index is 11.6. The Bertz CT molecular complexity index is 971. The number of rotatable bonds is 7. The van der Waals surface area contributed by atoms with E-state index in [9.17, 15) is 9.90 Å². The lowest BCUT2D eigenvalue weighted by Gasteiger charge is -2.44. The predicted octanol–water partition coefficient (Wildman–Crippen LogP) is 7.12. The zero-order valence-electron chi connectivity index (χ0n) is 21.2. The maximum absolute atomic E-state index is 11.6. The Kier molecular flexibility index (Phi) is 6.91. The van der Waals surface area contributed by atoms with Gasteiger partial charge in [0.2, 0.25) is 0 Å². The fraction of sp³-hybridized carbons (Fsp3) is 0.552. The van der Waals surface area contributed by atoms with E-state index in [1.54, 1.807) is 19.4 Å². The number of fused-ring (bicyclic) bond motifs is 1. The van der Waals surface area contributed by atoms with Gasteiger partial charge >= 0.3 is 5.97 Å². The first-order chi connectivity index (χ1) is 14.9. The molecule has 174 valence electrons. The highest BCUT2D eigenvalue weighted by atomic mass is 16.4. The van der Waals surface area contributed by atoms with Crippen molar-refractivity contribution in [2.45, 2.75) is 97.1 Å². The molecule has 0 bridgehead atoms. The van der Waals surface area contributed by atoms with Crippen molar-refractivity contribution in [2.75, 3.05) is 7.05 Å². The number of benzene rings is 2. The number of nitrogens with zero attached hydrogens (tertiary/aromatic N) is 1. The second-order valence-corrected chi connectivity index (χ2v) is 10.8. The molecule has 0 saturated carbocycles. The van der Waals surface area contributed by atoms with Gasteiger partial charge < -0.3 is 5.11 Å². The van der Waals surface area contributed by atoms with E-state index in [-0.39, 0.29) is 5.41 Å². The fourth-order valence-corrected chi connectivity index (χ4v) is 5.11. The molecule has 2 aromatic rings. The molecule has 0 radical (unpaired) electrons. The van der Waals surface area contributed by atoms with Crippen LogP contribution in [-0.2, 0) is 22.0 Å². The van der Waals surface area contributed by atoms with E-state index in [2.05, 4.69) is 70.8 Å². The number of carboxylic acids is 1. The Balaban J connectivity index is 2.11. The smallest absolute Gasteiger partial charge is 0.313 e. The maximum Gasteiger partial charge on any atom is 0.313 e. The first-order valence-electron chi connectivity index (χ1n) is 12.2. The molecule has 1 aliphatic carbocycles. The molecule has 3 heteroatoms. The first-order valence-corrected chi connectivity index (χ1v) is 12.2. The summed E-state index contributed by atoms with van der Waals surface area (Å²) in [5.74, 6) is -0.800. The van der Waals surface area contributed by atoms with Gasteiger partial charge in [-0.1, -0.05) is 64.1 Å². The van der Waals surface area contributed by atoms with Crippen LogP contribution in [0.3, 0.4) is 0 Å². The van der Waals surface area contributed by atoms with Crippen LogP contribution in [0.25, 0.3) is 11.1 Å². The number of hydrogen-bond acceptors (Lipinski definition) is 2. The first kappa shape index (κ1) is 24.5. The van der Waals surface area contributed by atoms with Gasteiger partial charge in [0.25, 0.3) is 0 Å². The average Bonchev–Trinajstić information content (AvgIpc) is 2.77. The van der Waals surface area contributed by atoms with Gasteiger partial charge in [-0.3, -0.25) is 9.69 Å². The normalized spacial score (nSPS) is 19.0. The van der Waals surface area contributed by atoms with Crippen LogP contribution < -0.4 is 0 Å². The van der Waals surface area contributed by atoms with Gasteiger partial charge in [0.05, 0.1) is 5.41 Å². The Morgan fingerprint density at radius 1 is 1.16 bits per heavy atom. The summed E-state index contributed by atoms with van der Waals surface area (Å²) in [6.45, 7) is 15.1. The van der Waals surface area contributed by atoms with Crippen molar-refractivity contribution >= 4 is 5.97 Å². The van der Waals surface area contributed by atoms with Crippen LogP contribution in [0, 0.1) is 0 Å². The molecule has 2 atom stereocenters. The van der Waals surface area contributed by atoms with E-state index < -0.39 is 11.4 Å². The lowest BCUT2D eigenvalue weighted by molar-refractivity contribution is -0.142. The summed E-state index contributed by atoms with van der Waals surface area (Å²) < 4.78 is 0. The molecule has 1 aliphatic rings. The highest BCUT2D eigenvalue weighted by Crippen LogP contribution is 2.47. The van der Waals surface area contributed by atoms with E-state index >= 15 is 0 Å². The summed E-state index contributed by atoms with van der Waals surface area (Å²) in [6, 6.07) is 13.9. The van der Waals surface area contributed by atoms with Gasteiger partial charge in [0.15, 0.2) is 0 Å². The molecule has 0 aliphatic heterocycles. The van der Waals surface area contributed by atoms with Gasteiger partial charge in [0, 0.05) is 12.1 Å². The molecule has 0 saturated heterocycles. The van der Waals surface area contributed by atoms with Crippen molar-refractivity contribution in [1.82, 2.24) is 4.90 Å². The Hall–Kier alpha value is -2.13. The predicted molar refractivity (Wildman–Crippen MR) is 134 cm³/mol. The highest BCUT2D eigenvalue weighted by Gasteiger charge is 2.37. The zero-order valence-corrected chi connectivity index (χ0v) is 21.2. The zero-order chi connectivity index (χ0) is 23.8. The molecule has 1 N–H and O–H groups in total. The van der Waals surface area contributed by atoms with Crippen LogP contribution in [-0.4, -0.2) is 29.1 Å². The van der Waals surface area contributed by atoms with Crippen LogP contribution in [0.15, 0.2) is 36.4 Å². The van der Waals surface area contributed by atoms with Crippen molar-refractivity contribution in [3.8, 4) is 11.1 Å². The Labute approximate surface area is 194 Å². The second-order valence-electron chi connectivity index (χ2n) is 10.8. The monoisotopic (exact) mass is 435 g/mol. The Morgan fingerprint density at radius 3 is 2.31 bits per heavy atom. The topological polar surface area (TPSA) is 40.5 Å². The SMILES string of the molecule is CCc1cc(-c2ccc(C(C)(C)C(=O)O)cc2)cc2c1C(N(C)C(C)CC)CCC2(C)C. The average molecular weight is 436 g/mol. The quantitative estimate of drug-likeness (QED) is 0.503. The summed E-state index contributed by atoms with van der Waals surface area (Å²) >= 11 is 0. The minimum absolute atomic E-state index is 0.146. The van der Waals surface area contributed by atoms with Gasteiger partial charge in [-0.25, -0.2) is 0 Å². The number of hydrogen-bond donors (Lipinski definition) is 1. The van der Waals surface area contributed by atoms with Crippen molar-refractivity contribution in [1.29, 1.82) is 0 Å². The lowest BCUT2D eigenvalue weighted by Crippen LogP contribution is -2.38. The third-order valence-electron chi connectivity index (χ3n) is 8.00. The molecular formula is C29H41NO2. The van der Waals surface area contributed by atoms with Crippen LogP contribution in [0.4, 0.5) is 0 Å². The van der Waals surface area contributed by atoms with Crippen LogP contribution in [0.5, 0.6) is 0 Å². The van der Waals surface area contributed by atoms with Crippen LogP contribution >= 0.6 is 0 Å². The van der Waals surface area contributed by atoms with Crippen molar-refractivity contribution in [3.05, 3.63) is 58.7 Å². The number of carbonyl (C=O) groups is 1. The number of aryl methyl sites for hydroxylation is 1. The minimum Gasteiger partial charge on any atom is -0.481 e. The summed E-state index contributed by atoms with van der Waals surface area (Å²) in [5, 5.41) is 9.56. The third-order valence-corrected chi connectivity index (χ3v) is 8.00. The lowest BCUT2D eigenvalue weighted by atomic mass is 9.68. The fourth-order valence-electron chi connectivity index (χ4n) is 5.11. The summed E-state index contributed by atoms with van der Waals surface area (Å²) in [7, 11) is 2.29. The van der Waals surface area contributed by atoms with Crippen LogP contribution in [0.1, 0.15) is 96.0 Å². The van der Waals surface area contributed by atoms with E-state index in [4.69, 9.17) is 0 Å². The standard InChI is InChI=1S/C29H41NO2/c1-9-19(3)30(8)25-15-16-28(4,5)24-18-22(17-20(10-2)26(24)25)21-11-13-23(14-12-21)29(6,7)27(31)32/h11-14,17-19,25H,9-10,15-16H2,1-8H3,(H,31,32). The van der Waals surface area contributed by atoms with E-state index in [1.165, 1.54) is 29.5 Å². The molecule has 0 aromatic heterocycles. The molecule has 0 heterocycles. The van der Waals surface area contributed by atoms with Gasteiger partial charge in [-0.15, -0.1) is 0 Å². The number of aliphatic carboxylic acids is 1. The summed E-state index contributed by atoms with van der Waals surface area (Å²) in [4.78, 5) is 14.2. The molecule has 0 amide bonds. The van der Waals surface area contributed by atoms with Crippen LogP contribution in [0.2, 0.25) is 0 Å². The number of carboxylic acid groups (broad SMARTS) is 1. The molecule has 2 aromatic carbocycles. The van der Waals surface area contributed by atoms with Crippen molar-refractivity contribution < 1.29 is 9.90 Å². The largest absolute Gasteiger partial charge is 0.481 e. The second kappa shape index (κ2) is 9.02. The molecule has 3 rings (SSSR count). The summed E-state index contributed by atoms with van der Waals surface area (Å²) in [6.07, 6.45) is 4.56. The summed E-state index contributed by atoms with van der Waals surface area (Å²) in [5.41, 5.74) is 6.94. The van der Waals surface area contributed by atoms with E-state index in [0.29, 0.717) is 12.1 Å². The van der Waals surface area contributed by atoms with Gasteiger partial charge in [0.1, 0.15) is 0 Å². The Morgan fingerprint density at radius 2 is 1.78 bits per heavy atom. The molecule has 3 nitrogen and oxygen atoms in total. The minimum atomic E-state index is -0.890. The highest BCUT2D eigenvalue weighted by molar-refractivity contribution is 5.80. The van der Waals surface area contributed by atoms with E-state index in [0.717, 1.165) is 24.0 Å². The van der Waals surface area contributed by atoms with Gasteiger partial charge in [-0.05, 0) is 92.3 Å². The molecule has 0 spiro atoms.